The van der Waals surface area contributed by atoms with Gasteiger partial charge < -0.3 is 5.32 Å². The molecule has 0 fully saturated rings. The molecule has 0 aromatic heterocycles. The minimum absolute atomic E-state index is 0.122. The van der Waals surface area contributed by atoms with Crippen molar-refractivity contribution < 1.29 is 13.2 Å². The van der Waals surface area contributed by atoms with E-state index in [0.29, 0.717) is 30.8 Å². The Bertz CT molecular complexity index is 1180. The van der Waals surface area contributed by atoms with Crippen molar-refractivity contribution in [2.75, 3.05) is 11.9 Å². The molecule has 1 heterocycles. The van der Waals surface area contributed by atoms with E-state index < -0.39 is 10.0 Å². The predicted molar refractivity (Wildman–Crippen MR) is 116 cm³/mol. The summed E-state index contributed by atoms with van der Waals surface area (Å²) in [6, 6.07) is 21.3. The fraction of sp³-hybridized carbons (Fsp3) is 0.136. The molecule has 1 aliphatic heterocycles. The van der Waals surface area contributed by atoms with Crippen LogP contribution in [-0.2, 0) is 23.0 Å². The standard InChI is InChI=1S/C22H19BrN2O3S/c23-20-10-3-4-11-21(20)24-22(26)17-8-5-9-19(14-17)29(27,28)25-13-12-16-6-1-2-7-18(16)15-25/h1-11,14H,12-13,15H2,(H,24,26). The highest BCUT2D eigenvalue weighted by atomic mass is 79.9. The Morgan fingerprint density at radius 2 is 1.66 bits per heavy atom. The van der Waals surface area contributed by atoms with Crippen LogP contribution in [0.3, 0.4) is 0 Å². The minimum Gasteiger partial charge on any atom is -0.321 e. The smallest absolute Gasteiger partial charge is 0.255 e. The lowest BCUT2D eigenvalue weighted by molar-refractivity contribution is 0.102. The average Bonchev–Trinajstić information content (AvgIpc) is 2.75. The highest BCUT2D eigenvalue weighted by Gasteiger charge is 2.28. The summed E-state index contributed by atoms with van der Waals surface area (Å²) >= 11 is 3.39. The van der Waals surface area contributed by atoms with E-state index in [4.69, 9.17) is 0 Å². The molecular weight excluding hydrogens is 452 g/mol. The van der Waals surface area contributed by atoms with Crippen LogP contribution in [0.1, 0.15) is 21.5 Å². The molecular formula is C22H19BrN2O3S. The molecule has 0 bridgehead atoms. The number of benzene rings is 3. The third-order valence-electron chi connectivity index (χ3n) is 4.95. The van der Waals surface area contributed by atoms with Crippen LogP contribution < -0.4 is 5.32 Å². The van der Waals surface area contributed by atoms with Crippen LogP contribution in [0, 0.1) is 0 Å². The number of nitrogens with zero attached hydrogens (tertiary/aromatic N) is 1. The van der Waals surface area contributed by atoms with Gasteiger partial charge in [-0.2, -0.15) is 4.31 Å². The predicted octanol–water partition coefficient (Wildman–Crippen LogP) is 4.45. The number of hydrogen-bond acceptors (Lipinski definition) is 3. The molecule has 4 rings (SSSR count). The van der Waals surface area contributed by atoms with E-state index in [1.54, 1.807) is 18.2 Å². The Hall–Kier alpha value is -2.48. The number of sulfonamides is 1. The monoisotopic (exact) mass is 470 g/mol. The molecule has 3 aromatic rings. The lowest BCUT2D eigenvalue weighted by Crippen LogP contribution is -2.36. The second-order valence-electron chi connectivity index (χ2n) is 6.82. The largest absolute Gasteiger partial charge is 0.321 e. The van der Waals surface area contributed by atoms with Gasteiger partial charge in [-0.05, 0) is 63.8 Å². The van der Waals surface area contributed by atoms with E-state index in [-0.39, 0.29) is 10.8 Å². The van der Waals surface area contributed by atoms with Crippen LogP contribution >= 0.6 is 15.9 Å². The molecule has 1 amide bonds. The molecule has 0 saturated heterocycles. The zero-order valence-electron chi connectivity index (χ0n) is 15.5. The second-order valence-corrected chi connectivity index (χ2v) is 9.61. The van der Waals surface area contributed by atoms with E-state index in [1.165, 1.54) is 22.0 Å². The zero-order valence-corrected chi connectivity index (χ0v) is 17.9. The zero-order chi connectivity index (χ0) is 20.4. The van der Waals surface area contributed by atoms with Gasteiger partial charge in [0.05, 0.1) is 10.6 Å². The first-order valence-electron chi connectivity index (χ1n) is 9.18. The first-order chi connectivity index (χ1) is 13.9. The van der Waals surface area contributed by atoms with Gasteiger partial charge in [0, 0.05) is 23.1 Å². The van der Waals surface area contributed by atoms with Gasteiger partial charge in [-0.15, -0.1) is 0 Å². The summed E-state index contributed by atoms with van der Waals surface area (Å²) in [5.74, 6) is -0.363. The van der Waals surface area contributed by atoms with Crippen LogP contribution in [0.25, 0.3) is 0 Å². The molecule has 0 unspecified atom stereocenters. The van der Waals surface area contributed by atoms with Crippen molar-refractivity contribution in [3.8, 4) is 0 Å². The molecule has 0 aliphatic carbocycles. The Kier molecular flexibility index (Phi) is 5.54. The number of para-hydroxylation sites is 1. The van der Waals surface area contributed by atoms with Gasteiger partial charge >= 0.3 is 0 Å². The Morgan fingerprint density at radius 3 is 2.45 bits per heavy atom. The van der Waals surface area contributed by atoms with E-state index in [0.717, 1.165) is 10.0 Å². The number of rotatable bonds is 4. The van der Waals surface area contributed by atoms with Crippen molar-refractivity contribution >= 4 is 37.5 Å². The molecule has 0 atom stereocenters. The molecule has 1 N–H and O–H groups in total. The van der Waals surface area contributed by atoms with Crippen molar-refractivity contribution in [3.05, 3.63) is 94.0 Å². The minimum atomic E-state index is -3.70. The molecule has 0 spiro atoms. The SMILES string of the molecule is O=C(Nc1ccccc1Br)c1cccc(S(=O)(=O)N2CCc3ccccc3C2)c1. The first kappa shape index (κ1) is 19.8. The lowest BCUT2D eigenvalue weighted by atomic mass is 10.0. The van der Waals surface area contributed by atoms with E-state index >= 15 is 0 Å². The molecule has 0 saturated carbocycles. The summed E-state index contributed by atoms with van der Waals surface area (Å²) < 4.78 is 28.6. The Balaban J connectivity index is 1.58. The van der Waals surface area contributed by atoms with Gasteiger partial charge in [-0.1, -0.05) is 42.5 Å². The summed E-state index contributed by atoms with van der Waals surface area (Å²) in [5.41, 5.74) is 3.11. The maximum Gasteiger partial charge on any atom is 0.255 e. The average molecular weight is 471 g/mol. The maximum absolute atomic E-state index is 13.2. The molecule has 3 aromatic carbocycles. The summed E-state index contributed by atoms with van der Waals surface area (Å²) in [6.45, 7) is 0.763. The van der Waals surface area contributed by atoms with E-state index in [2.05, 4.69) is 21.2 Å². The van der Waals surface area contributed by atoms with Gasteiger partial charge in [0.1, 0.15) is 0 Å². The van der Waals surface area contributed by atoms with Gasteiger partial charge in [0.15, 0.2) is 0 Å². The number of anilines is 1. The van der Waals surface area contributed by atoms with Crippen LogP contribution in [0.4, 0.5) is 5.69 Å². The Labute approximate surface area is 178 Å². The summed E-state index contributed by atoms with van der Waals surface area (Å²) in [4.78, 5) is 12.8. The molecule has 7 heteroatoms. The number of halogens is 1. The molecule has 1 aliphatic rings. The third kappa shape index (κ3) is 4.12. The van der Waals surface area contributed by atoms with Gasteiger partial charge in [-0.3, -0.25) is 4.79 Å². The van der Waals surface area contributed by atoms with E-state index in [1.807, 2.05) is 42.5 Å². The lowest BCUT2D eigenvalue weighted by Gasteiger charge is -2.28. The molecule has 29 heavy (non-hydrogen) atoms. The number of fused-ring (bicyclic) bond motifs is 1. The quantitative estimate of drug-likeness (QED) is 0.612. The fourth-order valence-electron chi connectivity index (χ4n) is 3.38. The number of hydrogen-bond donors (Lipinski definition) is 1. The molecule has 5 nitrogen and oxygen atoms in total. The second kappa shape index (κ2) is 8.10. The normalized spacial score (nSPS) is 14.2. The highest BCUT2D eigenvalue weighted by Crippen LogP contribution is 2.26. The number of carbonyl (C=O) groups is 1. The van der Waals surface area contributed by atoms with Crippen LogP contribution in [-0.4, -0.2) is 25.2 Å². The van der Waals surface area contributed by atoms with Crippen LogP contribution in [0.5, 0.6) is 0 Å². The summed E-state index contributed by atoms with van der Waals surface area (Å²) in [6.07, 6.45) is 0.678. The van der Waals surface area contributed by atoms with Gasteiger partial charge in [0.2, 0.25) is 10.0 Å². The molecule has 0 radical (unpaired) electrons. The van der Waals surface area contributed by atoms with Crippen molar-refractivity contribution in [1.29, 1.82) is 0 Å². The summed E-state index contributed by atoms with van der Waals surface area (Å²) in [5, 5.41) is 2.80. The van der Waals surface area contributed by atoms with Crippen molar-refractivity contribution in [2.45, 2.75) is 17.9 Å². The number of amides is 1. The number of nitrogens with one attached hydrogen (secondary N) is 1. The summed E-state index contributed by atoms with van der Waals surface area (Å²) in [7, 11) is -3.70. The van der Waals surface area contributed by atoms with Gasteiger partial charge in [-0.25, -0.2) is 8.42 Å². The van der Waals surface area contributed by atoms with Crippen LogP contribution in [0.15, 0.2) is 82.2 Å². The highest BCUT2D eigenvalue weighted by molar-refractivity contribution is 9.10. The van der Waals surface area contributed by atoms with E-state index in [9.17, 15) is 13.2 Å². The number of carbonyl (C=O) groups excluding carboxylic acids is 1. The third-order valence-corrected chi connectivity index (χ3v) is 7.48. The van der Waals surface area contributed by atoms with Gasteiger partial charge in [0.25, 0.3) is 5.91 Å². The topological polar surface area (TPSA) is 66.5 Å². The Morgan fingerprint density at radius 1 is 0.931 bits per heavy atom. The molecule has 148 valence electrons. The van der Waals surface area contributed by atoms with Crippen molar-refractivity contribution in [1.82, 2.24) is 4.31 Å². The van der Waals surface area contributed by atoms with Crippen LogP contribution in [0.2, 0.25) is 0 Å². The van der Waals surface area contributed by atoms with Crippen molar-refractivity contribution in [2.24, 2.45) is 0 Å². The maximum atomic E-state index is 13.2. The first-order valence-corrected chi connectivity index (χ1v) is 11.4. The van der Waals surface area contributed by atoms with Crippen molar-refractivity contribution in [3.63, 3.8) is 0 Å². The fourth-order valence-corrected chi connectivity index (χ4v) is 5.23.